The number of nitrogens with zero attached hydrogens (tertiary/aromatic N) is 4. The van der Waals surface area contributed by atoms with Crippen molar-refractivity contribution in [2.45, 2.75) is 25.5 Å². The van der Waals surface area contributed by atoms with Gasteiger partial charge in [-0.25, -0.2) is 8.78 Å². The van der Waals surface area contributed by atoms with Crippen molar-refractivity contribution >= 4 is 29.0 Å². The zero-order valence-corrected chi connectivity index (χ0v) is 17.5. The van der Waals surface area contributed by atoms with E-state index >= 15 is 0 Å². The highest BCUT2D eigenvalue weighted by atomic mass is 32.2. The molecule has 0 saturated carbocycles. The van der Waals surface area contributed by atoms with Gasteiger partial charge in [-0.3, -0.25) is 14.9 Å². The van der Waals surface area contributed by atoms with Crippen molar-refractivity contribution < 1.29 is 18.5 Å². The minimum Gasteiger partial charge on any atom is -0.323 e. The van der Waals surface area contributed by atoms with Gasteiger partial charge in [0.15, 0.2) is 11.0 Å². The maximum absolute atomic E-state index is 14.3. The van der Waals surface area contributed by atoms with E-state index < -0.39 is 22.5 Å². The molecule has 1 N–H and O–H groups in total. The molecule has 3 rings (SSSR count). The summed E-state index contributed by atoms with van der Waals surface area (Å²) in [7, 11) is 0. The van der Waals surface area contributed by atoms with Crippen LogP contribution in [0, 0.1) is 27.7 Å². The quantitative estimate of drug-likeness (QED) is 0.309. The maximum Gasteiger partial charge on any atom is 0.271 e. The van der Waals surface area contributed by atoms with Crippen LogP contribution in [-0.2, 0) is 11.3 Å². The maximum atomic E-state index is 14.3. The number of nitrogens with one attached hydrogen (secondary N) is 1. The van der Waals surface area contributed by atoms with Gasteiger partial charge >= 0.3 is 0 Å². The van der Waals surface area contributed by atoms with Crippen LogP contribution >= 0.6 is 11.8 Å². The topological polar surface area (TPSA) is 103 Å². The fourth-order valence-corrected chi connectivity index (χ4v) is 3.55. The molecule has 1 heterocycles. The summed E-state index contributed by atoms with van der Waals surface area (Å²) < 4.78 is 29.9. The summed E-state index contributed by atoms with van der Waals surface area (Å²) in [4.78, 5) is 22.5. The number of amides is 1. The number of nitro benzene ring substituents is 1. The second kappa shape index (κ2) is 9.65. The smallest absolute Gasteiger partial charge is 0.271 e. The number of rotatable bonds is 8. The van der Waals surface area contributed by atoms with E-state index in [0.29, 0.717) is 23.1 Å². The normalized spacial score (nSPS) is 11.0. The summed E-state index contributed by atoms with van der Waals surface area (Å²) in [5.41, 5.74) is -0.323. The number of thioether (sulfide) groups is 1. The Morgan fingerprint density at radius 3 is 2.61 bits per heavy atom. The molecule has 0 aliphatic rings. The van der Waals surface area contributed by atoms with Gasteiger partial charge in [0, 0.05) is 18.7 Å². The van der Waals surface area contributed by atoms with Crippen molar-refractivity contribution in [1.82, 2.24) is 14.8 Å². The lowest BCUT2D eigenvalue weighted by atomic mass is 10.2. The van der Waals surface area contributed by atoms with Crippen LogP contribution in [0.1, 0.15) is 13.8 Å². The molecule has 8 nitrogen and oxygen atoms in total. The van der Waals surface area contributed by atoms with Gasteiger partial charge in [-0.1, -0.05) is 37.7 Å². The molecule has 162 valence electrons. The van der Waals surface area contributed by atoms with Gasteiger partial charge in [0.05, 0.1) is 21.9 Å². The van der Waals surface area contributed by atoms with E-state index in [-0.39, 0.29) is 23.0 Å². The summed E-state index contributed by atoms with van der Waals surface area (Å²) in [5, 5.41) is 21.8. The van der Waals surface area contributed by atoms with Crippen molar-refractivity contribution in [1.29, 1.82) is 0 Å². The number of benzene rings is 2. The van der Waals surface area contributed by atoms with Gasteiger partial charge in [0.1, 0.15) is 11.6 Å². The Balaban J connectivity index is 1.77. The first kappa shape index (κ1) is 22.3. The fraction of sp³-hybridized carbons (Fsp3) is 0.250. The molecule has 2 aromatic carbocycles. The molecule has 0 spiro atoms. The van der Waals surface area contributed by atoms with E-state index in [1.807, 2.05) is 13.8 Å². The molecule has 0 atom stereocenters. The van der Waals surface area contributed by atoms with Crippen LogP contribution in [0.4, 0.5) is 20.2 Å². The highest BCUT2D eigenvalue weighted by Crippen LogP contribution is 2.27. The van der Waals surface area contributed by atoms with Crippen LogP contribution in [0.3, 0.4) is 0 Å². The lowest BCUT2D eigenvalue weighted by molar-refractivity contribution is -0.384. The van der Waals surface area contributed by atoms with Crippen LogP contribution in [0.5, 0.6) is 0 Å². The number of hydrogen-bond donors (Lipinski definition) is 1. The Morgan fingerprint density at radius 2 is 1.94 bits per heavy atom. The van der Waals surface area contributed by atoms with Gasteiger partial charge in [-0.2, -0.15) is 0 Å². The zero-order valence-electron chi connectivity index (χ0n) is 16.7. The molecule has 0 aliphatic carbocycles. The third kappa shape index (κ3) is 5.43. The van der Waals surface area contributed by atoms with E-state index in [0.717, 1.165) is 30.0 Å². The van der Waals surface area contributed by atoms with E-state index in [1.165, 1.54) is 6.07 Å². The van der Waals surface area contributed by atoms with Crippen LogP contribution in [-0.4, -0.2) is 31.3 Å². The van der Waals surface area contributed by atoms with Gasteiger partial charge < -0.3 is 9.88 Å². The fourth-order valence-electron chi connectivity index (χ4n) is 2.81. The SMILES string of the molecule is CC(C)Cn1c(SCC(=O)Nc2cc([N+](=O)[O-])ccc2F)nnc1-c1ccccc1F. The number of aromatic nitrogens is 3. The molecule has 0 radical (unpaired) electrons. The molecule has 31 heavy (non-hydrogen) atoms. The summed E-state index contributed by atoms with van der Waals surface area (Å²) in [6.45, 7) is 4.47. The average Bonchev–Trinajstić information content (AvgIpc) is 3.10. The molecule has 0 fully saturated rings. The van der Waals surface area contributed by atoms with Crippen molar-refractivity contribution in [2.75, 3.05) is 11.1 Å². The van der Waals surface area contributed by atoms with E-state index in [1.54, 1.807) is 22.8 Å². The Hall–Kier alpha value is -3.34. The van der Waals surface area contributed by atoms with Crippen LogP contribution in [0.15, 0.2) is 47.6 Å². The van der Waals surface area contributed by atoms with E-state index in [9.17, 15) is 23.7 Å². The first-order chi connectivity index (χ1) is 14.8. The van der Waals surface area contributed by atoms with Crippen molar-refractivity contribution in [3.63, 3.8) is 0 Å². The Bertz CT molecular complexity index is 1120. The third-order valence-electron chi connectivity index (χ3n) is 4.15. The molecule has 1 amide bonds. The second-order valence-electron chi connectivity index (χ2n) is 7.05. The van der Waals surface area contributed by atoms with Crippen LogP contribution in [0.2, 0.25) is 0 Å². The molecule has 0 aliphatic heterocycles. The summed E-state index contributed by atoms with van der Waals surface area (Å²) >= 11 is 1.05. The van der Waals surface area contributed by atoms with Crippen LogP contribution < -0.4 is 5.32 Å². The Morgan fingerprint density at radius 1 is 1.19 bits per heavy atom. The third-order valence-corrected chi connectivity index (χ3v) is 5.11. The monoisotopic (exact) mass is 447 g/mol. The largest absolute Gasteiger partial charge is 0.323 e. The van der Waals surface area contributed by atoms with Gasteiger partial charge in [-0.05, 0) is 24.1 Å². The molecule has 0 saturated heterocycles. The van der Waals surface area contributed by atoms with Crippen molar-refractivity contribution in [2.24, 2.45) is 5.92 Å². The summed E-state index contributed by atoms with van der Waals surface area (Å²) in [6, 6.07) is 9.09. The van der Waals surface area contributed by atoms with Gasteiger partial charge in [0.25, 0.3) is 5.69 Å². The standard InChI is InChI=1S/C20H19F2N5O3S/c1-12(2)10-26-19(14-5-3-4-6-15(14)21)24-25-20(26)31-11-18(28)23-17-9-13(27(29)30)7-8-16(17)22/h3-9,12H,10-11H2,1-2H3,(H,23,28). The number of anilines is 1. The second-order valence-corrected chi connectivity index (χ2v) is 7.99. The molecular weight excluding hydrogens is 428 g/mol. The Labute approximate surface area is 180 Å². The first-order valence-corrected chi connectivity index (χ1v) is 10.3. The van der Waals surface area contributed by atoms with Gasteiger partial charge in [0.2, 0.25) is 5.91 Å². The van der Waals surface area contributed by atoms with E-state index in [4.69, 9.17) is 0 Å². The molecule has 3 aromatic rings. The number of carbonyl (C=O) groups is 1. The van der Waals surface area contributed by atoms with Crippen molar-refractivity contribution in [3.8, 4) is 11.4 Å². The molecule has 1 aromatic heterocycles. The molecule has 0 bridgehead atoms. The minimum atomic E-state index is -0.784. The zero-order chi connectivity index (χ0) is 22.5. The van der Waals surface area contributed by atoms with E-state index in [2.05, 4.69) is 15.5 Å². The highest BCUT2D eigenvalue weighted by Gasteiger charge is 2.19. The summed E-state index contributed by atoms with van der Waals surface area (Å²) in [5.74, 6) is -1.39. The first-order valence-electron chi connectivity index (χ1n) is 9.31. The lowest BCUT2D eigenvalue weighted by Crippen LogP contribution is -2.16. The molecular formula is C20H19F2N5O3S. The van der Waals surface area contributed by atoms with Gasteiger partial charge in [-0.15, -0.1) is 10.2 Å². The average molecular weight is 447 g/mol. The van der Waals surface area contributed by atoms with Crippen LogP contribution in [0.25, 0.3) is 11.4 Å². The minimum absolute atomic E-state index is 0.143. The number of halogens is 2. The number of non-ortho nitro benzene ring substituents is 1. The Kier molecular flexibility index (Phi) is 6.95. The number of nitro groups is 1. The molecule has 11 heteroatoms. The predicted molar refractivity (Wildman–Crippen MR) is 113 cm³/mol. The highest BCUT2D eigenvalue weighted by molar-refractivity contribution is 7.99. The van der Waals surface area contributed by atoms with Crippen molar-refractivity contribution in [3.05, 3.63) is 64.2 Å². The number of carbonyl (C=O) groups excluding carboxylic acids is 1. The predicted octanol–water partition coefficient (Wildman–Crippen LogP) is 4.52. The lowest BCUT2D eigenvalue weighted by Gasteiger charge is -2.13. The molecule has 0 unspecified atom stereocenters. The number of hydrogen-bond acceptors (Lipinski definition) is 6. The summed E-state index contributed by atoms with van der Waals surface area (Å²) in [6.07, 6.45) is 0.